The third-order valence-corrected chi connectivity index (χ3v) is 5.61. The molecule has 0 spiro atoms. The molecule has 7 nitrogen and oxygen atoms in total. The molecule has 33 heavy (non-hydrogen) atoms. The Morgan fingerprint density at radius 2 is 1.76 bits per heavy atom. The zero-order chi connectivity index (χ0) is 23.8. The van der Waals surface area contributed by atoms with Crippen LogP contribution >= 0.6 is 0 Å². The molecule has 3 rings (SSSR count). The number of amides is 2. The van der Waals surface area contributed by atoms with E-state index in [-0.39, 0.29) is 17.7 Å². The SMILES string of the molecule is CCCOc1ccc(Oc2ncccc2CNC(=O)C2CCN(C(=O)C(C)(C)C)CC2)cc1. The average molecular weight is 454 g/mol. The molecule has 0 atom stereocenters. The fourth-order valence-corrected chi connectivity index (χ4v) is 3.73. The molecule has 0 radical (unpaired) electrons. The molecule has 0 bridgehead atoms. The largest absolute Gasteiger partial charge is 0.494 e. The lowest BCUT2D eigenvalue weighted by Crippen LogP contribution is -2.46. The van der Waals surface area contributed by atoms with Crippen molar-refractivity contribution in [3.63, 3.8) is 0 Å². The predicted octanol–water partition coefficient (Wildman–Crippen LogP) is 4.56. The normalized spacial score (nSPS) is 14.6. The van der Waals surface area contributed by atoms with Gasteiger partial charge in [0.25, 0.3) is 0 Å². The van der Waals surface area contributed by atoms with Crippen LogP contribution in [0.15, 0.2) is 42.6 Å². The van der Waals surface area contributed by atoms with Crippen molar-refractivity contribution in [1.82, 2.24) is 15.2 Å². The molecule has 1 aliphatic rings. The van der Waals surface area contributed by atoms with Crippen LogP contribution in [0.2, 0.25) is 0 Å². The third-order valence-electron chi connectivity index (χ3n) is 5.61. The molecule has 1 aromatic carbocycles. The van der Waals surface area contributed by atoms with Gasteiger partial charge in [-0.15, -0.1) is 0 Å². The van der Waals surface area contributed by atoms with Gasteiger partial charge in [-0.3, -0.25) is 9.59 Å². The van der Waals surface area contributed by atoms with Crippen LogP contribution in [0.3, 0.4) is 0 Å². The number of hydrogen-bond donors (Lipinski definition) is 1. The van der Waals surface area contributed by atoms with Crippen LogP contribution in [0.1, 0.15) is 52.5 Å². The minimum absolute atomic E-state index is 0.00471. The fraction of sp³-hybridized carbons (Fsp3) is 0.500. The van der Waals surface area contributed by atoms with Gasteiger partial charge in [0.1, 0.15) is 11.5 Å². The van der Waals surface area contributed by atoms with Gasteiger partial charge in [-0.2, -0.15) is 0 Å². The summed E-state index contributed by atoms with van der Waals surface area (Å²) >= 11 is 0. The van der Waals surface area contributed by atoms with E-state index in [4.69, 9.17) is 9.47 Å². The third kappa shape index (κ3) is 6.94. The van der Waals surface area contributed by atoms with Crippen molar-refractivity contribution >= 4 is 11.8 Å². The summed E-state index contributed by atoms with van der Waals surface area (Å²) in [6.07, 6.45) is 3.98. The lowest BCUT2D eigenvalue weighted by atomic mass is 9.90. The summed E-state index contributed by atoms with van der Waals surface area (Å²) in [6.45, 7) is 10.1. The highest BCUT2D eigenvalue weighted by atomic mass is 16.5. The molecule has 1 aromatic heterocycles. The second-order valence-corrected chi connectivity index (χ2v) is 9.42. The number of benzene rings is 1. The number of likely N-dealkylation sites (tertiary alicyclic amines) is 1. The predicted molar refractivity (Wildman–Crippen MR) is 127 cm³/mol. The first-order valence-corrected chi connectivity index (χ1v) is 11.7. The Morgan fingerprint density at radius 1 is 1.09 bits per heavy atom. The number of piperidine rings is 1. The summed E-state index contributed by atoms with van der Waals surface area (Å²) in [6, 6.07) is 11.1. The molecule has 2 heterocycles. The second-order valence-electron chi connectivity index (χ2n) is 9.42. The van der Waals surface area contributed by atoms with Crippen LogP contribution < -0.4 is 14.8 Å². The van der Waals surface area contributed by atoms with Crippen molar-refractivity contribution in [3.8, 4) is 17.4 Å². The standard InChI is InChI=1S/C26H35N3O4/c1-5-17-32-21-8-10-22(11-9-21)33-24-20(7-6-14-27-24)18-28-23(30)19-12-15-29(16-13-19)25(31)26(2,3)4/h6-11,14,19H,5,12-13,15-18H2,1-4H3,(H,28,30). The topological polar surface area (TPSA) is 80.8 Å². The van der Waals surface area contributed by atoms with Crippen LogP contribution in [-0.2, 0) is 16.1 Å². The van der Waals surface area contributed by atoms with Crippen molar-refractivity contribution in [3.05, 3.63) is 48.2 Å². The zero-order valence-corrected chi connectivity index (χ0v) is 20.1. The smallest absolute Gasteiger partial charge is 0.227 e. The number of nitrogens with zero attached hydrogens (tertiary/aromatic N) is 2. The van der Waals surface area contributed by atoms with E-state index in [2.05, 4.69) is 17.2 Å². The molecule has 2 aromatic rings. The van der Waals surface area contributed by atoms with Crippen molar-refractivity contribution in [2.45, 2.75) is 53.5 Å². The first-order valence-electron chi connectivity index (χ1n) is 11.7. The molecule has 1 saturated heterocycles. The zero-order valence-electron chi connectivity index (χ0n) is 20.1. The van der Waals surface area contributed by atoms with Crippen molar-refractivity contribution < 1.29 is 19.1 Å². The summed E-state index contributed by atoms with van der Waals surface area (Å²) in [7, 11) is 0. The number of carbonyl (C=O) groups excluding carboxylic acids is 2. The number of hydrogen-bond acceptors (Lipinski definition) is 5. The Balaban J connectivity index is 1.53. The molecular formula is C26H35N3O4. The van der Waals surface area contributed by atoms with Gasteiger partial charge in [-0.25, -0.2) is 4.98 Å². The number of ether oxygens (including phenoxy) is 2. The number of nitrogens with one attached hydrogen (secondary N) is 1. The molecular weight excluding hydrogens is 418 g/mol. The number of aromatic nitrogens is 1. The lowest BCUT2D eigenvalue weighted by molar-refractivity contribution is -0.142. The van der Waals surface area contributed by atoms with Crippen LogP contribution in [0.5, 0.6) is 17.4 Å². The minimum atomic E-state index is -0.394. The van der Waals surface area contributed by atoms with Gasteiger partial charge in [-0.05, 0) is 49.6 Å². The van der Waals surface area contributed by atoms with Crippen LogP contribution in [0.25, 0.3) is 0 Å². The fourth-order valence-electron chi connectivity index (χ4n) is 3.73. The molecule has 0 saturated carbocycles. The minimum Gasteiger partial charge on any atom is -0.494 e. The molecule has 1 fully saturated rings. The summed E-state index contributed by atoms with van der Waals surface area (Å²) in [4.78, 5) is 31.4. The summed E-state index contributed by atoms with van der Waals surface area (Å²) < 4.78 is 11.6. The maximum Gasteiger partial charge on any atom is 0.227 e. The molecule has 0 unspecified atom stereocenters. The highest BCUT2D eigenvalue weighted by Crippen LogP contribution is 2.26. The van der Waals surface area contributed by atoms with E-state index in [1.54, 1.807) is 6.20 Å². The monoisotopic (exact) mass is 453 g/mol. The van der Waals surface area contributed by atoms with Crippen LogP contribution in [0.4, 0.5) is 0 Å². The second kappa shape index (κ2) is 11.2. The molecule has 7 heteroatoms. The van der Waals surface area contributed by atoms with Crippen molar-refractivity contribution in [2.24, 2.45) is 11.3 Å². The van der Waals surface area contributed by atoms with Gasteiger partial charge >= 0.3 is 0 Å². The van der Waals surface area contributed by atoms with Gasteiger partial charge < -0.3 is 19.7 Å². The average Bonchev–Trinajstić information content (AvgIpc) is 2.82. The Kier molecular flexibility index (Phi) is 8.31. The molecule has 1 aliphatic heterocycles. The van der Waals surface area contributed by atoms with E-state index in [9.17, 15) is 9.59 Å². The van der Waals surface area contributed by atoms with E-state index in [0.29, 0.717) is 50.7 Å². The van der Waals surface area contributed by atoms with Crippen LogP contribution in [0, 0.1) is 11.3 Å². The summed E-state index contributed by atoms with van der Waals surface area (Å²) in [5.41, 5.74) is 0.409. The summed E-state index contributed by atoms with van der Waals surface area (Å²) in [5, 5.41) is 3.02. The van der Waals surface area contributed by atoms with E-state index >= 15 is 0 Å². The van der Waals surface area contributed by atoms with Crippen molar-refractivity contribution in [1.29, 1.82) is 0 Å². The van der Waals surface area contributed by atoms with Crippen molar-refractivity contribution in [2.75, 3.05) is 19.7 Å². The number of carbonyl (C=O) groups is 2. The molecule has 178 valence electrons. The molecule has 1 N–H and O–H groups in total. The number of pyridine rings is 1. The van der Waals surface area contributed by atoms with Gasteiger partial charge in [0.05, 0.1) is 6.61 Å². The lowest BCUT2D eigenvalue weighted by Gasteiger charge is -2.35. The first-order chi connectivity index (χ1) is 15.8. The Morgan fingerprint density at radius 3 is 2.39 bits per heavy atom. The number of rotatable bonds is 8. The highest BCUT2D eigenvalue weighted by molar-refractivity contribution is 5.82. The van der Waals surface area contributed by atoms with Gasteiger partial charge in [0.2, 0.25) is 17.7 Å². The first kappa shape index (κ1) is 24.6. The quantitative estimate of drug-likeness (QED) is 0.634. The molecule has 2 amide bonds. The maximum atomic E-state index is 12.7. The van der Waals surface area contributed by atoms with E-state index in [1.165, 1.54) is 0 Å². The Bertz CT molecular complexity index is 929. The molecule has 0 aliphatic carbocycles. The Labute approximate surface area is 196 Å². The van der Waals surface area contributed by atoms with Crippen LogP contribution in [-0.4, -0.2) is 41.4 Å². The Hall–Kier alpha value is -3.09. The van der Waals surface area contributed by atoms with Gasteiger partial charge in [-0.1, -0.05) is 33.8 Å². The van der Waals surface area contributed by atoms with E-state index < -0.39 is 5.41 Å². The van der Waals surface area contributed by atoms with E-state index in [1.807, 2.05) is 62.1 Å². The summed E-state index contributed by atoms with van der Waals surface area (Å²) in [5.74, 6) is 1.97. The van der Waals surface area contributed by atoms with Gasteiger partial charge in [0.15, 0.2) is 0 Å². The highest BCUT2D eigenvalue weighted by Gasteiger charge is 2.32. The maximum absolute atomic E-state index is 12.7. The van der Waals surface area contributed by atoms with Gasteiger partial charge in [0, 0.05) is 42.7 Å². The van der Waals surface area contributed by atoms with E-state index in [0.717, 1.165) is 17.7 Å².